The number of nitrogens with two attached hydrogens (primary N) is 1. The number of nitrogens with one attached hydrogen (secondary N) is 1. The highest BCUT2D eigenvalue weighted by Crippen LogP contribution is 2.36. The summed E-state index contributed by atoms with van der Waals surface area (Å²) in [5.74, 6) is 0.281. The zero-order valence-electron chi connectivity index (χ0n) is 12.9. The van der Waals surface area contributed by atoms with Gasteiger partial charge in [-0.15, -0.1) is 0 Å². The molecule has 2 saturated heterocycles. The van der Waals surface area contributed by atoms with Crippen LogP contribution in [-0.2, 0) is 9.47 Å². The van der Waals surface area contributed by atoms with Crippen molar-refractivity contribution in [1.82, 2.24) is 4.90 Å². The summed E-state index contributed by atoms with van der Waals surface area (Å²) in [4.78, 5) is 2.50. The van der Waals surface area contributed by atoms with Crippen LogP contribution in [-0.4, -0.2) is 54.8 Å². The molecule has 0 aromatic rings. The minimum Gasteiger partial charge on any atom is -0.388 e. The monoisotopic (exact) mass is 283 g/mol. The van der Waals surface area contributed by atoms with E-state index >= 15 is 0 Å². The van der Waals surface area contributed by atoms with Crippen LogP contribution in [0.25, 0.3) is 0 Å². The summed E-state index contributed by atoms with van der Waals surface area (Å²) in [7, 11) is 0. The number of hydrogen-bond donors (Lipinski definition) is 2. The van der Waals surface area contributed by atoms with Crippen LogP contribution in [0.5, 0.6) is 0 Å². The van der Waals surface area contributed by atoms with Crippen molar-refractivity contribution in [2.45, 2.75) is 63.6 Å². The largest absolute Gasteiger partial charge is 0.388 e. The first kappa shape index (κ1) is 15.7. The SMILES string of the molecule is CC(C)N(CCC(=N)N)C1CCOC2(CCOCC2)C1. The highest BCUT2D eigenvalue weighted by molar-refractivity contribution is 5.76. The maximum atomic E-state index is 7.44. The van der Waals surface area contributed by atoms with Crippen molar-refractivity contribution < 1.29 is 9.47 Å². The first-order valence-electron chi connectivity index (χ1n) is 7.83. The van der Waals surface area contributed by atoms with E-state index in [0.717, 1.165) is 52.0 Å². The molecule has 2 aliphatic heterocycles. The third-order valence-corrected chi connectivity index (χ3v) is 4.64. The number of ether oxygens (including phenoxy) is 2. The Bertz CT molecular complexity index is 322. The third-order valence-electron chi connectivity index (χ3n) is 4.64. The number of hydrogen-bond acceptors (Lipinski definition) is 4. The summed E-state index contributed by atoms with van der Waals surface area (Å²) < 4.78 is 11.6. The molecule has 1 atom stereocenters. The molecule has 5 heteroatoms. The van der Waals surface area contributed by atoms with Crippen LogP contribution in [0.2, 0.25) is 0 Å². The van der Waals surface area contributed by atoms with Crippen molar-refractivity contribution >= 4 is 5.84 Å². The summed E-state index contributed by atoms with van der Waals surface area (Å²) in [6.07, 6.45) is 4.86. The quantitative estimate of drug-likeness (QED) is 0.595. The predicted molar refractivity (Wildman–Crippen MR) is 80.1 cm³/mol. The topological polar surface area (TPSA) is 71.6 Å². The first-order valence-corrected chi connectivity index (χ1v) is 7.83. The molecular formula is C15H29N3O2. The molecule has 2 aliphatic rings. The zero-order valence-corrected chi connectivity index (χ0v) is 12.9. The van der Waals surface area contributed by atoms with Crippen LogP contribution in [0.3, 0.4) is 0 Å². The molecule has 0 aromatic heterocycles. The summed E-state index contributed by atoms with van der Waals surface area (Å²) in [5, 5.41) is 7.44. The molecule has 1 spiro atoms. The van der Waals surface area contributed by atoms with Crippen LogP contribution in [0, 0.1) is 5.41 Å². The van der Waals surface area contributed by atoms with Crippen LogP contribution >= 0.6 is 0 Å². The first-order chi connectivity index (χ1) is 9.52. The standard InChI is InChI=1S/C15H29N3O2/c1-12(2)18(7-3-14(16)17)13-4-8-20-15(11-13)5-9-19-10-6-15/h12-13H,3-11H2,1-2H3,(H3,16,17). The summed E-state index contributed by atoms with van der Waals surface area (Å²) >= 11 is 0. The number of rotatable bonds is 5. The molecule has 3 N–H and O–H groups in total. The minimum absolute atomic E-state index is 0.0323. The second-order valence-electron chi connectivity index (χ2n) is 6.40. The Morgan fingerprint density at radius 3 is 2.65 bits per heavy atom. The fraction of sp³-hybridized carbons (Fsp3) is 0.933. The van der Waals surface area contributed by atoms with Gasteiger partial charge >= 0.3 is 0 Å². The molecule has 20 heavy (non-hydrogen) atoms. The van der Waals surface area contributed by atoms with Gasteiger partial charge in [0.2, 0.25) is 0 Å². The fourth-order valence-electron chi connectivity index (χ4n) is 3.49. The van der Waals surface area contributed by atoms with E-state index in [-0.39, 0.29) is 11.4 Å². The molecule has 0 saturated carbocycles. The smallest absolute Gasteiger partial charge is 0.0918 e. The molecule has 0 bridgehead atoms. The fourth-order valence-corrected chi connectivity index (χ4v) is 3.49. The van der Waals surface area contributed by atoms with Gasteiger partial charge in [0.05, 0.1) is 11.4 Å². The van der Waals surface area contributed by atoms with E-state index in [1.807, 2.05) is 0 Å². The van der Waals surface area contributed by atoms with Crippen molar-refractivity contribution in [2.75, 3.05) is 26.4 Å². The van der Waals surface area contributed by atoms with Crippen LogP contribution < -0.4 is 5.73 Å². The van der Waals surface area contributed by atoms with Crippen LogP contribution in [0.4, 0.5) is 0 Å². The van der Waals surface area contributed by atoms with Gasteiger partial charge in [-0.3, -0.25) is 10.3 Å². The van der Waals surface area contributed by atoms with E-state index in [1.165, 1.54) is 0 Å². The maximum absolute atomic E-state index is 7.44. The molecule has 0 radical (unpaired) electrons. The molecule has 0 aliphatic carbocycles. The van der Waals surface area contributed by atoms with Gasteiger partial charge in [0.25, 0.3) is 0 Å². The average Bonchev–Trinajstić information content (AvgIpc) is 2.39. The normalized spacial score (nSPS) is 26.3. The summed E-state index contributed by atoms with van der Waals surface area (Å²) in [6, 6.07) is 1.02. The van der Waals surface area contributed by atoms with E-state index in [9.17, 15) is 0 Å². The van der Waals surface area contributed by atoms with Gasteiger partial charge in [-0.25, -0.2) is 0 Å². The molecule has 0 aromatic carbocycles. The van der Waals surface area contributed by atoms with E-state index in [4.69, 9.17) is 20.6 Å². The molecule has 2 fully saturated rings. The second-order valence-corrected chi connectivity index (χ2v) is 6.40. The van der Waals surface area contributed by atoms with Gasteiger partial charge in [-0.2, -0.15) is 0 Å². The van der Waals surface area contributed by atoms with E-state index in [0.29, 0.717) is 18.5 Å². The second kappa shape index (κ2) is 6.87. The molecule has 0 amide bonds. The summed E-state index contributed by atoms with van der Waals surface area (Å²) in [5.41, 5.74) is 5.55. The molecule has 1 unspecified atom stereocenters. The Kier molecular flexibility index (Phi) is 5.41. The Morgan fingerprint density at radius 2 is 2.05 bits per heavy atom. The molecule has 2 rings (SSSR count). The predicted octanol–water partition coefficient (Wildman–Crippen LogP) is 1.75. The Labute approximate surface area is 122 Å². The van der Waals surface area contributed by atoms with E-state index < -0.39 is 0 Å². The van der Waals surface area contributed by atoms with Gasteiger partial charge in [0, 0.05) is 44.9 Å². The molecule has 2 heterocycles. The van der Waals surface area contributed by atoms with Crippen LogP contribution in [0.15, 0.2) is 0 Å². The van der Waals surface area contributed by atoms with Crippen molar-refractivity contribution in [3.63, 3.8) is 0 Å². The van der Waals surface area contributed by atoms with Crippen molar-refractivity contribution in [1.29, 1.82) is 5.41 Å². The van der Waals surface area contributed by atoms with Crippen molar-refractivity contribution in [2.24, 2.45) is 5.73 Å². The lowest BCUT2D eigenvalue weighted by atomic mass is 9.83. The highest BCUT2D eigenvalue weighted by atomic mass is 16.5. The number of amidine groups is 1. The molecular weight excluding hydrogens is 254 g/mol. The van der Waals surface area contributed by atoms with E-state index in [2.05, 4.69) is 18.7 Å². The summed E-state index contributed by atoms with van der Waals surface area (Å²) in [6.45, 7) is 7.82. The lowest BCUT2D eigenvalue weighted by Crippen LogP contribution is -2.53. The highest BCUT2D eigenvalue weighted by Gasteiger charge is 2.41. The van der Waals surface area contributed by atoms with Crippen molar-refractivity contribution in [3.8, 4) is 0 Å². The van der Waals surface area contributed by atoms with Gasteiger partial charge in [-0.1, -0.05) is 0 Å². The molecule has 5 nitrogen and oxygen atoms in total. The Morgan fingerprint density at radius 1 is 1.35 bits per heavy atom. The lowest BCUT2D eigenvalue weighted by molar-refractivity contribution is -0.153. The lowest BCUT2D eigenvalue weighted by Gasteiger charge is -2.47. The minimum atomic E-state index is 0.0323. The average molecular weight is 283 g/mol. The van der Waals surface area contributed by atoms with Crippen molar-refractivity contribution in [3.05, 3.63) is 0 Å². The van der Waals surface area contributed by atoms with Gasteiger partial charge in [0.15, 0.2) is 0 Å². The number of nitrogens with zero attached hydrogens (tertiary/aromatic N) is 1. The zero-order chi connectivity index (χ0) is 14.6. The van der Waals surface area contributed by atoms with E-state index in [1.54, 1.807) is 0 Å². The Hall–Kier alpha value is -0.650. The molecule has 116 valence electrons. The Balaban J connectivity index is 1.98. The van der Waals surface area contributed by atoms with Gasteiger partial charge in [0.1, 0.15) is 0 Å². The maximum Gasteiger partial charge on any atom is 0.0918 e. The third kappa shape index (κ3) is 3.93. The van der Waals surface area contributed by atoms with Crippen LogP contribution in [0.1, 0.15) is 46.0 Å². The van der Waals surface area contributed by atoms with Gasteiger partial charge < -0.3 is 15.2 Å². The van der Waals surface area contributed by atoms with Gasteiger partial charge in [-0.05, 0) is 39.5 Å².